The summed E-state index contributed by atoms with van der Waals surface area (Å²) >= 11 is 0. The third-order valence-electron chi connectivity index (χ3n) is 4.21. The highest BCUT2D eigenvalue weighted by molar-refractivity contribution is 6.07. The third kappa shape index (κ3) is 4.35. The predicted octanol–water partition coefficient (Wildman–Crippen LogP) is 4.65. The molecular weight excluding hydrogens is 359 g/mol. The zero-order chi connectivity index (χ0) is 20.1. The van der Waals surface area contributed by atoms with Crippen molar-refractivity contribution >= 4 is 23.2 Å². The summed E-state index contributed by atoms with van der Waals surface area (Å²) in [6, 6.07) is 17.6. The van der Waals surface area contributed by atoms with Crippen molar-refractivity contribution in [2.75, 3.05) is 17.7 Å². The lowest BCUT2D eigenvalue weighted by Crippen LogP contribution is -2.16. The van der Waals surface area contributed by atoms with E-state index in [9.17, 15) is 14.0 Å². The molecule has 0 radical (unpaired) electrons. The largest absolute Gasteiger partial charge is 0.497 e. The van der Waals surface area contributed by atoms with Crippen molar-refractivity contribution in [1.82, 2.24) is 0 Å². The number of nitrogens with one attached hydrogen (secondary N) is 2. The van der Waals surface area contributed by atoms with Crippen molar-refractivity contribution in [2.24, 2.45) is 0 Å². The van der Waals surface area contributed by atoms with Crippen LogP contribution in [-0.2, 0) is 0 Å². The zero-order valence-corrected chi connectivity index (χ0v) is 15.5. The van der Waals surface area contributed by atoms with E-state index in [1.807, 2.05) is 0 Å². The second kappa shape index (κ2) is 8.35. The number of ether oxygens (including phenoxy) is 1. The molecule has 0 aliphatic rings. The van der Waals surface area contributed by atoms with E-state index >= 15 is 0 Å². The maximum Gasteiger partial charge on any atom is 0.258 e. The Morgan fingerprint density at radius 2 is 1.61 bits per heavy atom. The molecule has 0 aliphatic carbocycles. The van der Waals surface area contributed by atoms with Crippen LogP contribution in [0.15, 0.2) is 66.7 Å². The van der Waals surface area contributed by atoms with Crippen LogP contribution in [0, 0.1) is 12.7 Å². The van der Waals surface area contributed by atoms with Gasteiger partial charge in [0.05, 0.1) is 12.7 Å². The maximum absolute atomic E-state index is 13.8. The van der Waals surface area contributed by atoms with E-state index < -0.39 is 11.7 Å². The Morgan fingerprint density at radius 3 is 2.29 bits per heavy atom. The molecule has 28 heavy (non-hydrogen) atoms. The van der Waals surface area contributed by atoms with Gasteiger partial charge in [-0.05, 0) is 61.0 Å². The Bertz CT molecular complexity index is 1020. The number of benzene rings is 3. The van der Waals surface area contributed by atoms with Crippen LogP contribution in [0.4, 0.5) is 15.8 Å². The number of carbonyl (C=O) groups excluding carboxylic acids is 2. The van der Waals surface area contributed by atoms with Gasteiger partial charge in [-0.25, -0.2) is 4.39 Å². The van der Waals surface area contributed by atoms with Crippen molar-refractivity contribution in [1.29, 1.82) is 0 Å². The average molecular weight is 378 g/mol. The lowest BCUT2D eigenvalue weighted by atomic mass is 10.1. The van der Waals surface area contributed by atoms with E-state index in [1.165, 1.54) is 18.2 Å². The van der Waals surface area contributed by atoms with Crippen molar-refractivity contribution < 1.29 is 18.7 Å². The number of hydrogen-bond acceptors (Lipinski definition) is 3. The summed E-state index contributed by atoms with van der Waals surface area (Å²) < 4.78 is 18.9. The van der Waals surface area contributed by atoms with Crippen molar-refractivity contribution in [3.8, 4) is 5.75 Å². The van der Waals surface area contributed by atoms with Gasteiger partial charge in [0, 0.05) is 16.9 Å². The fraction of sp³-hybridized carbons (Fsp3) is 0.0909. The minimum Gasteiger partial charge on any atom is -0.497 e. The lowest BCUT2D eigenvalue weighted by molar-refractivity contribution is 0.101. The Morgan fingerprint density at radius 1 is 0.893 bits per heavy atom. The SMILES string of the molecule is COc1ccc(NC(=O)c2ccc(C)c(NC(=O)c3ccccc3F)c2)cc1. The van der Waals surface area contributed by atoms with Gasteiger partial charge in [-0.1, -0.05) is 18.2 Å². The van der Waals surface area contributed by atoms with Gasteiger partial charge in [0.1, 0.15) is 11.6 Å². The summed E-state index contributed by atoms with van der Waals surface area (Å²) in [6.07, 6.45) is 0. The van der Waals surface area contributed by atoms with Crippen LogP contribution in [0.3, 0.4) is 0 Å². The molecule has 0 aromatic heterocycles. The first-order chi connectivity index (χ1) is 13.5. The molecule has 0 bridgehead atoms. The lowest BCUT2D eigenvalue weighted by Gasteiger charge is -2.12. The second-order valence-corrected chi connectivity index (χ2v) is 6.15. The van der Waals surface area contributed by atoms with Crippen LogP contribution >= 0.6 is 0 Å². The van der Waals surface area contributed by atoms with Crippen molar-refractivity contribution in [3.63, 3.8) is 0 Å². The highest BCUT2D eigenvalue weighted by Crippen LogP contribution is 2.21. The van der Waals surface area contributed by atoms with Gasteiger partial charge >= 0.3 is 0 Å². The van der Waals surface area contributed by atoms with E-state index in [0.717, 1.165) is 5.56 Å². The van der Waals surface area contributed by atoms with Crippen LogP contribution in [0.2, 0.25) is 0 Å². The molecule has 2 N–H and O–H groups in total. The fourth-order valence-electron chi connectivity index (χ4n) is 2.61. The molecule has 3 aromatic rings. The van der Waals surface area contributed by atoms with Crippen molar-refractivity contribution in [2.45, 2.75) is 6.92 Å². The summed E-state index contributed by atoms with van der Waals surface area (Å²) in [4.78, 5) is 24.9. The standard InChI is InChI=1S/C22H19FN2O3/c1-14-7-8-15(21(26)24-16-9-11-17(28-2)12-10-16)13-20(14)25-22(27)18-5-3-4-6-19(18)23/h3-13H,1-2H3,(H,24,26)(H,25,27). The number of rotatable bonds is 5. The number of anilines is 2. The minimum atomic E-state index is -0.606. The summed E-state index contributed by atoms with van der Waals surface area (Å²) in [7, 11) is 1.57. The molecule has 0 heterocycles. The molecule has 5 nitrogen and oxygen atoms in total. The molecule has 3 rings (SSSR count). The number of amides is 2. The van der Waals surface area contributed by atoms with Gasteiger partial charge < -0.3 is 15.4 Å². The molecule has 142 valence electrons. The highest BCUT2D eigenvalue weighted by Gasteiger charge is 2.14. The number of methoxy groups -OCH3 is 1. The summed E-state index contributed by atoms with van der Waals surface area (Å²) in [6.45, 7) is 1.79. The fourth-order valence-corrected chi connectivity index (χ4v) is 2.61. The summed E-state index contributed by atoms with van der Waals surface area (Å²) in [5, 5.41) is 5.45. The van der Waals surface area contributed by atoms with Crippen LogP contribution < -0.4 is 15.4 Å². The molecule has 0 saturated heterocycles. The van der Waals surface area contributed by atoms with Crippen LogP contribution in [0.25, 0.3) is 0 Å². The van der Waals surface area contributed by atoms with E-state index in [1.54, 1.807) is 62.6 Å². The van der Waals surface area contributed by atoms with Gasteiger partial charge in [-0.2, -0.15) is 0 Å². The summed E-state index contributed by atoms with van der Waals surface area (Å²) in [5.74, 6) is -0.821. The predicted molar refractivity (Wildman–Crippen MR) is 106 cm³/mol. The van der Waals surface area contributed by atoms with E-state index in [-0.39, 0.29) is 11.5 Å². The number of aryl methyl sites for hydroxylation is 1. The van der Waals surface area contributed by atoms with E-state index in [0.29, 0.717) is 22.7 Å². The first kappa shape index (κ1) is 19.1. The Labute approximate surface area is 162 Å². The molecule has 0 spiro atoms. The van der Waals surface area contributed by atoms with Crippen LogP contribution in [0.1, 0.15) is 26.3 Å². The van der Waals surface area contributed by atoms with Gasteiger partial charge in [0.15, 0.2) is 0 Å². The molecule has 0 saturated carbocycles. The molecule has 3 aromatic carbocycles. The molecule has 0 unspecified atom stereocenters. The molecule has 6 heteroatoms. The molecule has 0 atom stereocenters. The Kier molecular flexibility index (Phi) is 5.69. The number of halogens is 1. The summed E-state index contributed by atoms with van der Waals surface area (Å²) in [5.41, 5.74) is 2.12. The maximum atomic E-state index is 13.8. The Hall–Kier alpha value is -3.67. The van der Waals surface area contributed by atoms with Crippen LogP contribution in [0.5, 0.6) is 5.75 Å². The smallest absolute Gasteiger partial charge is 0.258 e. The topological polar surface area (TPSA) is 67.4 Å². The monoisotopic (exact) mass is 378 g/mol. The normalized spacial score (nSPS) is 10.2. The first-order valence-corrected chi connectivity index (χ1v) is 8.60. The second-order valence-electron chi connectivity index (χ2n) is 6.15. The van der Waals surface area contributed by atoms with E-state index in [2.05, 4.69) is 10.6 Å². The van der Waals surface area contributed by atoms with Gasteiger partial charge in [-0.3, -0.25) is 9.59 Å². The van der Waals surface area contributed by atoms with Gasteiger partial charge in [-0.15, -0.1) is 0 Å². The minimum absolute atomic E-state index is 0.0602. The molecular formula is C22H19FN2O3. The van der Waals surface area contributed by atoms with Gasteiger partial charge in [0.25, 0.3) is 11.8 Å². The third-order valence-corrected chi connectivity index (χ3v) is 4.21. The van der Waals surface area contributed by atoms with Crippen molar-refractivity contribution in [3.05, 3.63) is 89.2 Å². The Balaban J connectivity index is 1.77. The quantitative estimate of drug-likeness (QED) is 0.679. The molecule has 2 amide bonds. The van der Waals surface area contributed by atoms with Crippen LogP contribution in [-0.4, -0.2) is 18.9 Å². The number of carbonyl (C=O) groups is 2. The molecule has 0 fully saturated rings. The highest BCUT2D eigenvalue weighted by atomic mass is 19.1. The number of hydrogen-bond donors (Lipinski definition) is 2. The zero-order valence-electron chi connectivity index (χ0n) is 15.5. The van der Waals surface area contributed by atoms with Gasteiger partial charge in [0.2, 0.25) is 0 Å². The molecule has 0 aliphatic heterocycles. The average Bonchev–Trinajstić information content (AvgIpc) is 2.70. The van der Waals surface area contributed by atoms with E-state index in [4.69, 9.17) is 4.74 Å². The first-order valence-electron chi connectivity index (χ1n) is 8.60.